The van der Waals surface area contributed by atoms with Gasteiger partial charge in [-0.05, 0) is 54.5 Å². The van der Waals surface area contributed by atoms with Crippen molar-refractivity contribution in [1.82, 2.24) is 0 Å². The van der Waals surface area contributed by atoms with Crippen LogP contribution in [0.15, 0.2) is 48.5 Å². The number of hydrogen-bond acceptors (Lipinski definition) is 2. The zero-order valence-corrected chi connectivity index (χ0v) is 15.6. The first-order valence-corrected chi connectivity index (χ1v) is 9.67. The van der Waals surface area contributed by atoms with Crippen molar-refractivity contribution in [2.75, 3.05) is 6.61 Å². The highest BCUT2D eigenvalue weighted by atomic mass is 19.1. The van der Waals surface area contributed by atoms with E-state index in [-0.39, 0.29) is 23.9 Å². The number of benzene rings is 3. The van der Waals surface area contributed by atoms with Gasteiger partial charge in [0.2, 0.25) is 5.82 Å². The van der Waals surface area contributed by atoms with Crippen molar-refractivity contribution in [3.05, 3.63) is 71.3 Å². The van der Waals surface area contributed by atoms with Gasteiger partial charge in [0.1, 0.15) is 12.4 Å². The van der Waals surface area contributed by atoms with Crippen LogP contribution in [0.3, 0.4) is 0 Å². The zero-order valence-electron chi connectivity index (χ0n) is 15.6. The Balaban J connectivity index is 1.56. The Bertz CT molecular complexity index is 1050. The van der Waals surface area contributed by atoms with Crippen molar-refractivity contribution in [3.63, 3.8) is 0 Å². The molecular weight excluding hydrogens is 358 g/mol. The molecule has 1 aliphatic heterocycles. The number of rotatable bonds is 4. The first kappa shape index (κ1) is 17.2. The highest BCUT2D eigenvalue weighted by Crippen LogP contribution is 2.45. The average Bonchev–Trinajstić information content (AvgIpc) is 3.56. The standard InChI is InChI=1S/C24H20F2O2/c1-2-27-21-12-11-19-18-10-9-17(16-7-5-15(6-8-16)14-3-4-14)22(25)20(18)13-28-24(19)23(21)26/h5-12,14H,2-4,13H2,1H3. The molecule has 0 saturated heterocycles. The highest BCUT2D eigenvalue weighted by molar-refractivity contribution is 5.80. The summed E-state index contributed by atoms with van der Waals surface area (Å²) in [5.41, 5.74) is 4.38. The lowest BCUT2D eigenvalue weighted by Gasteiger charge is -2.23. The third-order valence-corrected chi connectivity index (χ3v) is 5.53. The number of fused-ring (bicyclic) bond motifs is 3. The van der Waals surface area contributed by atoms with Gasteiger partial charge in [-0.25, -0.2) is 4.39 Å². The number of hydrogen-bond donors (Lipinski definition) is 0. The van der Waals surface area contributed by atoms with E-state index >= 15 is 4.39 Å². The molecule has 1 heterocycles. The average molecular weight is 378 g/mol. The van der Waals surface area contributed by atoms with Gasteiger partial charge in [-0.15, -0.1) is 0 Å². The maximum absolute atomic E-state index is 15.3. The molecule has 4 heteroatoms. The van der Waals surface area contributed by atoms with Crippen LogP contribution in [0.2, 0.25) is 0 Å². The molecule has 2 nitrogen and oxygen atoms in total. The van der Waals surface area contributed by atoms with E-state index in [1.807, 2.05) is 18.2 Å². The van der Waals surface area contributed by atoms with Crippen LogP contribution >= 0.6 is 0 Å². The predicted molar refractivity (Wildman–Crippen MR) is 105 cm³/mol. The predicted octanol–water partition coefficient (Wildman–Crippen LogP) is 6.47. The molecule has 2 aliphatic rings. The minimum absolute atomic E-state index is 0.00529. The molecule has 0 N–H and O–H groups in total. The van der Waals surface area contributed by atoms with Crippen molar-refractivity contribution >= 4 is 0 Å². The molecule has 0 bridgehead atoms. The van der Waals surface area contributed by atoms with Crippen molar-refractivity contribution in [3.8, 4) is 33.8 Å². The van der Waals surface area contributed by atoms with Crippen LogP contribution < -0.4 is 9.47 Å². The second-order valence-electron chi connectivity index (χ2n) is 7.33. The molecule has 0 atom stereocenters. The molecule has 1 aliphatic carbocycles. The SMILES string of the molecule is CCOc1ccc2c(c1F)OCc1c-2ccc(-c2ccc(C3CC3)cc2)c1F. The lowest BCUT2D eigenvalue weighted by atomic mass is 9.92. The lowest BCUT2D eigenvalue weighted by molar-refractivity contribution is 0.267. The fourth-order valence-corrected chi connectivity index (χ4v) is 3.89. The van der Waals surface area contributed by atoms with Gasteiger partial charge in [0.25, 0.3) is 0 Å². The van der Waals surface area contributed by atoms with E-state index in [0.717, 1.165) is 5.56 Å². The van der Waals surface area contributed by atoms with Crippen LogP contribution in [-0.4, -0.2) is 6.61 Å². The molecule has 28 heavy (non-hydrogen) atoms. The minimum Gasteiger partial charge on any atom is -0.491 e. The molecule has 3 aromatic rings. The van der Waals surface area contributed by atoms with E-state index in [1.54, 1.807) is 25.1 Å². The van der Waals surface area contributed by atoms with E-state index in [2.05, 4.69) is 12.1 Å². The van der Waals surface area contributed by atoms with Gasteiger partial charge in [0, 0.05) is 16.7 Å². The fourth-order valence-electron chi connectivity index (χ4n) is 3.89. The summed E-state index contributed by atoms with van der Waals surface area (Å²) in [6, 6.07) is 15.0. The fraction of sp³-hybridized carbons (Fsp3) is 0.250. The molecule has 1 saturated carbocycles. The Kier molecular flexibility index (Phi) is 4.08. The second kappa shape index (κ2) is 6.62. The Hall–Kier alpha value is -2.88. The third-order valence-electron chi connectivity index (χ3n) is 5.53. The normalized spacial score (nSPS) is 14.8. The molecule has 0 unspecified atom stereocenters. The van der Waals surface area contributed by atoms with Crippen molar-refractivity contribution in [1.29, 1.82) is 0 Å². The van der Waals surface area contributed by atoms with Gasteiger partial charge in [0.05, 0.1) is 6.61 Å². The lowest BCUT2D eigenvalue weighted by Crippen LogP contribution is -2.11. The highest BCUT2D eigenvalue weighted by Gasteiger charge is 2.27. The summed E-state index contributed by atoms with van der Waals surface area (Å²) in [6.07, 6.45) is 2.48. The summed E-state index contributed by atoms with van der Waals surface area (Å²) in [5, 5.41) is 0. The van der Waals surface area contributed by atoms with Gasteiger partial charge >= 0.3 is 0 Å². The van der Waals surface area contributed by atoms with Crippen LogP contribution in [0, 0.1) is 11.6 Å². The van der Waals surface area contributed by atoms with Crippen molar-refractivity contribution in [2.45, 2.75) is 32.3 Å². The monoisotopic (exact) mass is 378 g/mol. The molecule has 142 valence electrons. The Morgan fingerprint density at radius 2 is 1.61 bits per heavy atom. The quantitative estimate of drug-likeness (QED) is 0.518. The summed E-state index contributed by atoms with van der Waals surface area (Å²) in [6.45, 7) is 2.15. The van der Waals surface area contributed by atoms with E-state index in [9.17, 15) is 4.39 Å². The Morgan fingerprint density at radius 1 is 0.893 bits per heavy atom. The van der Waals surface area contributed by atoms with Crippen LogP contribution in [0.5, 0.6) is 11.5 Å². The molecule has 0 spiro atoms. The maximum Gasteiger partial charge on any atom is 0.207 e. The summed E-state index contributed by atoms with van der Waals surface area (Å²) in [7, 11) is 0. The molecule has 1 fully saturated rings. The van der Waals surface area contributed by atoms with Gasteiger partial charge in [-0.3, -0.25) is 0 Å². The van der Waals surface area contributed by atoms with E-state index in [4.69, 9.17) is 9.47 Å². The molecular formula is C24H20F2O2. The second-order valence-corrected chi connectivity index (χ2v) is 7.33. The first-order valence-electron chi connectivity index (χ1n) is 9.67. The smallest absolute Gasteiger partial charge is 0.207 e. The van der Waals surface area contributed by atoms with Crippen LogP contribution in [0.25, 0.3) is 22.3 Å². The van der Waals surface area contributed by atoms with Gasteiger partial charge in [-0.1, -0.05) is 36.4 Å². The molecule has 5 rings (SSSR count). The first-order chi connectivity index (χ1) is 13.7. The number of halogens is 2. The summed E-state index contributed by atoms with van der Waals surface area (Å²) >= 11 is 0. The van der Waals surface area contributed by atoms with E-state index < -0.39 is 5.82 Å². The van der Waals surface area contributed by atoms with E-state index in [0.29, 0.717) is 34.8 Å². The molecule has 3 aromatic carbocycles. The summed E-state index contributed by atoms with van der Waals surface area (Å²) < 4.78 is 40.8. The van der Waals surface area contributed by atoms with Gasteiger partial charge in [-0.2, -0.15) is 4.39 Å². The zero-order chi connectivity index (χ0) is 19.3. The van der Waals surface area contributed by atoms with Crippen LogP contribution in [0.1, 0.15) is 36.8 Å². The number of ether oxygens (including phenoxy) is 2. The minimum atomic E-state index is -0.537. The summed E-state index contributed by atoms with van der Waals surface area (Å²) in [4.78, 5) is 0. The van der Waals surface area contributed by atoms with E-state index in [1.165, 1.54) is 18.4 Å². The molecule has 0 amide bonds. The van der Waals surface area contributed by atoms with Gasteiger partial charge in [0.15, 0.2) is 11.5 Å². The van der Waals surface area contributed by atoms with Gasteiger partial charge < -0.3 is 9.47 Å². The molecule has 0 radical (unpaired) electrons. The van der Waals surface area contributed by atoms with Crippen LogP contribution in [-0.2, 0) is 6.61 Å². The van der Waals surface area contributed by atoms with Crippen molar-refractivity contribution < 1.29 is 18.3 Å². The third kappa shape index (κ3) is 2.75. The van der Waals surface area contributed by atoms with Crippen LogP contribution in [0.4, 0.5) is 8.78 Å². The largest absolute Gasteiger partial charge is 0.491 e. The Morgan fingerprint density at radius 3 is 2.32 bits per heavy atom. The summed E-state index contributed by atoms with van der Waals surface area (Å²) in [5.74, 6) is 0.0995. The molecule has 0 aromatic heterocycles. The topological polar surface area (TPSA) is 18.5 Å². The maximum atomic E-state index is 15.3. The van der Waals surface area contributed by atoms with Crippen molar-refractivity contribution in [2.24, 2.45) is 0 Å². The Labute approximate surface area is 162 Å².